The van der Waals surface area contributed by atoms with Crippen LogP contribution in [0.1, 0.15) is 25.5 Å². The van der Waals surface area contributed by atoms with Crippen molar-refractivity contribution in [2.45, 2.75) is 26.4 Å². The van der Waals surface area contributed by atoms with Crippen LogP contribution < -0.4 is 5.32 Å². The summed E-state index contributed by atoms with van der Waals surface area (Å²) in [5, 5.41) is 3.31. The second kappa shape index (κ2) is 4.99. The number of aryl methyl sites for hydroxylation is 1. The largest absolute Gasteiger partial charge is 0.349 e. The van der Waals surface area contributed by atoms with Crippen LogP contribution in [0.25, 0.3) is 0 Å². The normalized spacial score (nSPS) is 12.4. The molecule has 4 heteroatoms. The fourth-order valence-corrected chi connectivity index (χ4v) is 1.73. The predicted octanol–water partition coefficient (Wildman–Crippen LogP) is 3.22. The lowest BCUT2D eigenvalue weighted by Gasteiger charge is -2.15. The lowest BCUT2D eigenvalue weighted by atomic mass is 10.1. The van der Waals surface area contributed by atoms with E-state index in [0.717, 1.165) is 18.1 Å². The number of imidazole rings is 1. The summed E-state index contributed by atoms with van der Waals surface area (Å²) in [6, 6.07) is 6.61. The number of hydrogen-bond donors (Lipinski definition) is 1. The van der Waals surface area contributed by atoms with E-state index in [2.05, 4.69) is 17.2 Å². The van der Waals surface area contributed by atoms with Crippen LogP contribution in [0.2, 0.25) is 0 Å². The molecule has 0 aliphatic rings. The van der Waals surface area contributed by atoms with Crippen molar-refractivity contribution in [2.75, 3.05) is 5.32 Å². The van der Waals surface area contributed by atoms with Gasteiger partial charge in [0.05, 0.1) is 6.04 Å². The van der Waals surface area contributed by atoms with E-state index in [1.807, 2.05) is 17.7 Å². The first kappa shape index (κ1) is 11.6. The van der Waals surface area contributed by atoms with Crippen LogP contribution in [0.4, 0.5) is 10.3 Å². The zero-order chi connectivity index (χ0) is 12.3. The molecule has 1 unspecified atom stereocenters. The third-order valence-corrected chi connectivity index (χ3v) is 2.77. The molecule has 0 radical (unpaired) electrons. The molecule has 1 atom stereocenters. The quantitative estimate of drug-likeness (QED) is 0.878. The molecule has 0 aliphatic carbocycles. The van der Waals surface area contributed by atoms with Crippen molar-refractivity contribution in [3.05, 3.63) is 48.0 Å². The van der Waals surface area contributed by atoms with Gasteiger partial charge in [-0.05, 0) is 31.5 Å². The highest BCUT2D eigenvalue weighted by Gasteiger charge is 2.08. The molecule has 2 aromatic rings. The summed E-state index contributed by atoms with van der Waals surface area (Å²) < 4.78 is 14.8. The van der Waals surface area contributed by atoms with Gasteiger partial charge < -0.3 is 9.88 Å². The Hall–Kier alpha value is -1.84. The average Bonchev–Trinajstić information content (AvgIpc) is 2.77. The molecule has 1 aromatic heterocycles. The maximum Gasteiger partial charge on any atom is 0.203 e. The Morgan fingerprint density at radius 1 is 1.35 bits per heavy atom. The summed E-state index contributed by atoms with van der Waals surface area (Å²) >= 11 is 0. The fourth-order valence-electron chi connectivity index (χ4n) is 1.73. The van der Waals surface area contributed by atoms with Gasteiger partial charge in [0.15, 0.2) is 0 Å². The van der Waals surface area contributed by atoms with E-state index in [9.17, 15) is 4.39 Å². The lowest BCUT2D eigenvalue weighted by molar-refractivity contribution is 0.626. The van der Waals surface area contributed by atoms with E-state index in [-0.39, 0.29) is 11.9 Å². The summed E-state index contributed by atoms with van der Waals surface area (Å²) in [4.78, 5) is 4.25. The minimum Gasteiger partial charge on any atom is -0.349 e. The summed E-state index contributed by atoms with van der Waals surface area (Å²) in [5.41, 5.74) is 1.04. The number of rotatable bonds is 4. The van der Waals surface area contributed by atoms with E-state index in [0.29, 0.717) is 0 Å². The van der Waals surface area contributed by atoms with Crippen molar-refractivity contribution in [1.29, 1.82) is 0 Å². The van der Waals surface area contributed by atoms with Crippen LogP contribution >= 0.6 is 0 Å². The SMILES string of the molecule is CCn1ccnc1NC(C)c1ccc(F)cc1. The molecule has 0 spiro atoms. The Kier molecular flexibility index (Phi) is 3.42. The monoisotopic (exact) mass is 233 g/mol. The number of anilines is 1. The molecule has 90 valence electrons. The van der Waals surface area contributed by atoms with Gasteiger partial charge in [0, 0.05) is 18.9 Å². The maximum atomic E-state index is 12.8. The van der Waals surface area contributed by atoms with Crippen molar-refractivity contribution in [3.63, 3.8) is 0 Å². The Labute approximate surface area is 100 Å². The van der Waals surface area contributed by atoms with E-state index in [1.165, 1.54) is 12.1 Å². The smallest absolute Gasteiger partial charge is 0.203 e. The number of halogens is 1. The van der Waals surface area contributed by atoms with Crippen molar-refractivity contribution in [2.24, 2.45) is 0 Å². The second-order valence-corrected chi connectivity index (χ2v) is 3.95. The summed E-state index contributed by atoms with van der Waals surface area (Å²) in [6.07, 6.45) is 3.70. The number of aromatic nitrogens is 2. The van der Waals surface area contributed by atoms with Crippen LogP contribution in [-0.2, 0) is 6.54 Å². The molecule has 17 heavy (non-hydrogen) atoms. The molecule has 2 rings (SSSR count). The Bertz CT molecular complexity index is 476. The molecule has 0 bridgehead atoms. The van der Waals surface area contributed by atoms with Crippen LogP contribution in [0.15, 0.2) is 36.7 Å². The molecule has 0 aliphatic heterocycles. The minimum atomic E-state index is -0.212. The van der Waals surface area contributed by atoms with Crippen molar-refractivity contribution in [3.8, 4) is 0 Å². The van der Waals surface area contributed by atoms with Gasteiger partial charge in [-0.1, -0.05) is 12.1 Å². The molecule has 0 fully saturated rings. The summed E-state index contributed by atoms with van der Waals surface area (Å²) in [6.45, 7) is 4.97. The van der Waals surface area contributed by atoms with Crippen LogP contribution in [0, 0.1) is 5.82 Å². The van der Waals surface area contributed by atoms with Crippen LogP contribution in [-0.4, -0.2) is 9.55 Å². The number of nitrogens with zero attached hydrogens (tertiary/aromatic N) is 2. The summed E-state index contributed by atoms with van der Waals surface area (Å²) in [5.74, 6) is 0.625. The van der Waals surface area contributed by atoms with Gasteiger partial charge in [0.1, 0.15) is 5.82 Å². The first-order valence-corrected chi connectivity index (χ1v) is 5.74. The molecule has 0 saturated carbocycles. The van der Waals surface area contributed by atoms with Gasteiger partial charge in [-0.25, -0.2) is 9.37 Å². The third kappa shape index (κ3) is 2.64. The second-order valence-electron chi connectivity index (χ2n) is 3.95. The number of nitrogens with one attached hydrogen (secondary N) is 1. The van der Waals surface area contributed by atoms with Crippen molar-refractivity contribution in [1.82, 2.24) is 9.55 Å². The average molecular weight is 233 g/mol. The van der Waals surface area contributed by atoms with Gasteiger partial charge in [-0.2, -0.15) is 0 Å². The third-order valence-electron chi connectivity index (χ3n) is 2.77. The molecule has 1 aromatic carbocycles. The lowest BCUT2D eigenvalue weighted by Crippen LogP contribution is -2.11. The highest BCUT2D eigenvalue weighted by Crippen LogP contribution is 2.18. The van der Waals surface area contributed by atoms with Gasteiger partial charge in [0.25, 0.3) is 0 Å². The fraction of sp³-hybridized carbons (Fsp3) is 0.308. The van der Waals surface area contributed by atoms with Gasteiger partial charge in [0.2, 0.25) is 5.95 Å². The van der Waals surface area contributed by atoms with Crippen LogP contribution in [0.3, 0.4) is 0 Å². The standard InChI is InChI=1S/C13H16FN3/c1-3-17-9-8-15-13(17)16-10(2)11-4-6-12(14)7-5-11/h4-10H,3H2,1-2H3,(H,15,16). The molecular formula is C13H16FN3. The molecule has 1 heterocycles. The Morgan fingerprint density at radius 2 is 2.06 bits per heavy atom. The zero-order valence-electron chi connectivity index (χ0n) is 10.0. The molecular weight excluding hydrogens is 217 g/mol. The first-order valence-electron chi connectivity index (χ1n) is 5.74. The van der Waals surface area contributed by atoms with E-state index < -0.39 is 0 Å². The van der Waals surface area contributed by atoms with Gasteiger partial charge in [-0.15, -0.1) is 0 Å². The van der Waals surface area contributed by atoms with E-state index >= 15 is 0 Å². The van der Waals surface area contributed by atoms with E-state index in [4.69, 9.17) is 0 Å². The highest BCUT2D eigenvalue weighted by molar-refractivity contribution is 5.32. The summed E-state index contributed by atoms with van der Waals surface area (Å²) in [7, 11) is 0. The topological polar surface area (TPSA) is 29.9 Å². The molecule has 1 N–H and O–H groups in total. The minimum absolute atomic E-state index is 0.100. The van der Waals surface area contributed by atoms with Gasteiger partial charge in [-0.3, -0.25) is 0 Å². The first-order chi connectivity index (χ1) is 8.20. The Morgan fingerprint density at radius 3 is 2.71 bits per heavy atom. The number of benzene rings is 1. The zero-order valence-corrected chi connectivity index (χ0v) is 10.0. The molecule has 0 saturated heterocycles. The van der Waals surface area contributed by atoms with Gasteiger partial charge >= 0.3 is 0 Å². The van der Waals surface area contributed by atoms with Crippen molar-refractivity contribution < 1.29 is 4.39 Å². The van der Waals surface area contributed by atoms with Crippen molar-refractivity contribution >= 4 is 5.95 Å². The Balaban J connectivity index is 2.11. The number of hydrogen-bond acceptors (Lipinski definition) is 2. The maximum absolute atomic E-state index is 12.8. The molecule has 3 nitrogen and oxygen atoms in total. The molecule has 0 amide bonds. The van der Waals surface area contributed by atoms with Crippen LogP contribution in [0.5, 0.6) is 0 Å². The predicted molar refractivity (Wildman–Crippen MR) is 66.3 cm³/mol. The highest BCUT2D eigenvalue weighted by atomic mass is 19.1. The van der Waals surface area contributed by atoms with E-state index in [1.54, 1.807) is 18.3 Å².